The van der Waals surface area contributed by atoms with Crippen molar-refractivity contribution in [2.75, 3.05) is 20.2 Å². The predicted octanol–water partition coefficient (Wildman–Crippen LogP) is 1.90. The van der Waals surface area contributed by atoms with E-state index in [1.54, 1.807) is 18.2 Å². The molecule has 0 aliphatic rings. The smallest absolute Gasteiger partial charge is 0.374 e. The van der Waals surface area contributed by atoms with Crippen LogP contribution in [0.15, 0.2) is 41.9 Å². The van der Waals surface area contributed by atoms with Gasteiger partial charge < -0.3 is 9.15 Å². The van der Waals surface area contributed by atoms with Crippen LogP contribution in [0, 0.1) is 0 Å². The van der Waals surface area contributed by atoms with Gasteiger partial charge in [0.1, 0.15) is 13.1 Å². The van der Waals surface area contributed by atoms with Crippen LogP contribution in [0.5, 0.6) is 0 Å². The van der Waals surface area contributed by atoms with E-state index in [-0.39, 0.29) is 10.2 Å². The molecule has 0 aliphatic carbocycles. The predicted molar refractivity (Wildman–Crippen MR) is 68.0 cm³/mol. The molecule has 1 rings (SSSR count). The van der Waals surface area contributed by atoms with Crippen molar-refractivity contribution in [1.82, 2.24) is 4.48 Å². The van der Waals surface area contributed by atoms with Gasteiger partial charge in [-0.05, 0) is 18.2 Å². The van der Waals surface area contributed by atoms with Gasteiger partial charge in [-0.15, -0.1) is 0 Å². The lowest BCUT2D eigenvalue weighted by Crippen LogP contribution is -2.48. The Morgan fingerprint density at radius 3 is 2.44 bits per heavy atom. The third-order valence-electron chi connectivity index (χ3n) is 2.53. The highest BCUT2D eigenvalue weighted by Crippen LogP contribution is 2.25. The van der Waals surface area contributed by atoms with Crippen LogP contribution in [0.3, 0.4) is 0 Å². The van der Waals surface area contributed by atoms with E-state index in [2.05, 4.69) is 17.9 Å². The number of amides is 1. The van der Waals surface area contributed by atoms with Crippen molar-refractivity contribution in [3.63, 3.8) is 0 Å². The van der Waals surface area contributed by atoms with Gasteiger partial charge in [0.05, 0.1) is 7.11 Å². The molecule has 1 heterocycles. The van der Waals surface area contributed by atoms with Crippen LogP contribution in [0.4, 0.5) is 5.88 Å². The lowest BCUT2D eigenvalue weighted by Gasteiger charge is -2.25. The maximum atomic E-state index is 11.4. The molecule has 5 heteroatoms. The molecular weight excluding hydrogens is 234 g/mol. The molecule has 0 aromatic carbocycles. The minimum atomic E-state index is -0.581. The van der Waals surface area contributed by atoms with E-state index in [9.17, 15) is 9.59 Å². The summed E-state index contributed by atoms with van der Waals surface area (Å²) in [4.78, 5) is 22.7. The first-order valence-corrected chi connectivity index (χ1v) is 5.37. The number of hydrogen-bond acceptors (Lipinski definition) is 4. The zero-order chi connectivity index (χ0) is 13.6. The number of nitrogens with zero attached hydrogens (tertiary/aromatic N) is 1. The first-order valence-electron chi connectivity index (χ1n) is 5.37. The molecule has 18 heavy (non-hydrogen) atoms. The second kappa shape index (κ2) is 5.97. The van der Waals surface area contributed by atoms with Gasteiger partial charge in [-0.3, -0.25) is 0 Å². The second-order valence-corrected chi connectivity index (χ2v) is 3.71. The van der Waals surface area contributed by atoms with Gasteiger partial charge in [0.2, 0.25) is 5.76 Å². The van der Waals surface area contributed by atoms with E-state index >= 15 is 0 Å². The zero-order valence-electron chi connectivity index (χ0n) is 10.3. The Kier molecular flexibility index (Phi) is 4.62. The average Bonchev–Trinajstić information content (AvgIpc) is 2.87. The van der Waals surface area contributed by atoms with Crippen LogP contribution in [0.1, 0.15) is 10.6 Å². The molecule has 1 aromatic heterocycles. The van der Waals surface area contributed by atoms with E-state index in [0.717, 1.165) is 6.41 Å². The summed E-state index contributed by atoms with van der Waals surface area (Å²) in [5, 5.41) is 0. The van der Waals surface area contributed by atoms with Gasteiger partial charge in [0.25, 0.3) is 0 Å². The number of furan rings is 1. The molecule has 0 saturated heterocycles. The van der Waals surface area contributed by atoms with Crippen LogP contribution in [0.25, 0.3) is 0 Å². The van der Waals surface area contributed by atoms with Crippen LogP contribution in [-0.2, 0) is 9.53 Å². The van der Waals surface area contributed by atoms with Crippen molar-refractivity contribution in [1.29, 1.82) is 0 Å². The van der Waals surface area contributed by atoms with Crippen LogP contribution in [-0.4, -0.2) is 32.6 Å². The Hall–Kier alpha value is -2.14. The van der Waals surface area contributed by atoms with E-state index < -0.39 is 5.97 Å². The summed E-state index contributed by atoms with van der Waals surface area (Å²) < 4.78 is 9.80. The monoisotopic (exact) mass is 250 g/mol. The summed E-state index contributed by atoms with van der Waals surface area (Å²) in [5.74, 6) is -0.169. The fourth-order valence-electron chi connectivity index (χ4n) is 1.63. The molecule has 0 bridgehead atoms. The van der Waals surface area contributed by atoms with Crippen LogP contribution >= 0.6 is 0 Å². The maximum Gasteiger partial charge on any atom is 0.374 e. The number of hydrogen-bond donors (Lipinski definition) is 0. The van der Waals surface area contributed by atoms with E-state index in [0.29, 0.717) is 19.0 Å². The fourth-order valence-corrected chi connectivity index (χ4v) is 1.63. The summed E-state index contributed by atoms with van der Waals surface area (Å²) in [7, 11) is 1.26. The fraction of sp³-hybridized carbons (Fsp3) is 0.231. The molecule has 0 fully saturated rings. The molecule has 0 aliphatic heterocycles. The van der Waals surface area contributed by atoms with Crippen molar-refractivity contribution < 1.29 is 18.7 Å². The van der Waals surface area contributed by atoms with Crippen molar-refractivity contribution in [2.45, 2.75) is 0 Å². The summed E-state index contributed by atoms with van der Waals surface area (Å²) in [6.45, 7) is 7.94. The number of ether oxygens (including phenoxy) is 1. The largest absolute Gasteiger partial charge is 0.463 e. The van der Waals surface area contributed by atoms with Gasteiger partial charge in [-0.2, -0.15) is 4.48 Å². The standard InChI is InChI=1S/C13H16NO4/c1-4-8-14(10-15,9-5-2)12-7-6-11(18-12)13(16)17-3/h4-7,10H,1-2,8-9H2,3H3/q+1. The SMILES string of the molecule is C=CC[N+](C=O)(CC=C)c1ccc(C(=O)OC)o1. The van der Waals surface area contributed by atoms with Crippen LogP contribution in [0.2, 0.25) is 0 Å². The highest BCUT2D eigenvalue weighted by atomic mass is 16.5. The minimum absolute atomic E-state index is 0.0602. The van der Waals surface area contributed by atoms with Gasteiger partial charge in [-0.25, -0.2) is 9.59 Å². The molecular formula is C13H16NO4+. The second-order valence-electron chi connectivity index (χ2n) is 3.71. The third-order valence-corrected chi connectivity index (χ3v) is 2.53. The average molecular weight is 250 g/mol. The minimum Gasteiger partial charge on any atom is -0.463 e. The van der Waals surface area contributed by atoms with Crippen molar-refractivity contribution >= 4 is 18.3 Å². The summed E-state index contributed by atoms with van der Waals surface area (Å²) in [5.41, 5.74) is 0. The molecule has 0 radical (unpaired) electrons. The highest BCUT2D eigenvalue weighted by molar-refractivity contribution is 5.87. The van der Waals surface area contributed by atoms with E-state index in [1.165, 1.54) is 13.2 Å². The molecule has 0 unspecified atom stereocenters. The Balaban J connectivity index is 3.16. The Morgan fingerprint density at radius 1 is 1.39 bits per heavy atom. The first kappa shape index (κ1) is 13.9. The number of esters is 1. The summed E-state index contributed by atoms with van der Waals surface area (Å²) in [6, 6.07) is 3.05. The Labute approximate surface area is 106 Å². The maximum absolute atomic E-state index is 11.4. The number of methoxy groups -OCH3 is 1. The third kappa shape index (κ3) is 2.57. The quantitative estimate of drug-likeness (QED) is 0.321. The zero-order valence-corrected chi connectivity index (χ0v) is 10.3. The Morgan fingerprint density at radius 2 is 2.00 bits per heavy atom. The molecule has 1 aromatic rings. The molecule has 96 valence electrons. The van der Waals surface area contributed by atoms with Crippen molar-refractivity contribution in [2.24, 2.45) is 0 Å². The number of rotatable bonds is 7. The summed E-state index contributed by atoms with van der Waals surface area (Å²) >= 11 is 0. The normalized spacial score (nSPS) is 10.7. The lowest BCUT2D eigenvalue weighted by molar-refractivity contribution is -0.117. The van der Waals surface area contributed by atoms with E-state index in [4.69, 9.17) is 4.42 Å². The lowest BCUT2D eigenvalue weighted by atomic mass is 10.3. The van der Waals surface area contributed by atoms with Crippen LogP contribution < -0.4 is 4.48 Å². The molecule has 0 saturated carbocycles. The van der Waals surface area contributed by atoms with Gasteiger partial charge in [0, 0.05) is 6.07 Å². The number of carbonyl (C=O) groups is 2. The van der Waals surface area contributed by atoms with Gasteiger partial charge >= 0.3 is 18.3 Å². The number of quaternary nitrogens is 1. The summed E-state index contributed by atoms with van der Waals surface area (Å²) in [6.07, 6.45) is 3.96. The van der Waals surface area contributed by atoms with Gasteiger partial charge in [0.15, 0.2) is 0 Å². The molecule has 0 atom stereocenters. The molecule has 0 spiro atoms. The van der Waals surface area contributed by atoms with Crippen molar-refractivity contribution in [3.05, 3.63) is 43.2 Å². The first-order chi connectivity index (χ1) is 8.63. The van der Waals surface area contributed by atoms with Crippen molar-refractivity contribution in [3.8, 4) is 0 Å². The molecule has 1 amide bonds. The number of carbonyl (C=O) groups excluding carboxylic acids is 2. The Bertz CT molecular complexity index is 451. The molecule has 5 nitrogen and oxygen atoms in total. The van der Waals surface area contributed by atoms with Gasteiger partial charge in [-0.1, -0.05) is 13.2 Å². The topological polar surface area (TPSA) is 56.5 Å². The van der Waals surface area contributed by atoms with E-state index in [1.807, 2.05) is 0 Å². The highest BCUT2D eigenvalue weighted by Gasteiger charge is 2.32. The molecule has 0 N–H and O–H groups in total.